The van der Waals surface area contributed by atoms with Crippen molar-refractivity contribution in [3.05, 3.63) is 12.4 Å². The molecule has 1 fully saturated rings. The number of aromatic nitrogens is 2. The minimum absolute atomic E-state index is 0.342. The number of ether oxygens (including phenoxy) is 1. The molecular weight excluding hydrogens is 214 g/mol. The number of aromatic amines is 1. The number of hydrogen-bond acceptors (Lipinski definition) is 4. The molecule has 2 heterocycles. The topological polar surface area (TPSA) is 104 Å². The normalized spacial score (nSPS) is 24.2. The van der Waals surface area contributed by atoms with Crippen LogP contribution >= 0.6 is 0 Å². The first-order valence-electron chi connectivity index (χ1n) is 4.84. The summed E-state index contributed by atoms with van der Waals surface area (Å²) in [6.07, 6.45) is 2.19. The number of carboxylic acids is 1. The van der Waals surface area contributed by atoms with Crippen molar-refractivity contribution in [2.75, 3.05) is 5.32 Å². The van der Waals surface area contributed by atoms with Crippen LogP contribution in [0, 0.1) is 0 Å². The lowest BCUT2D eigenvalue weighted by Gasteiger charge is -2.10. The van der Waals surface area contributed by atoms with Crippen molar-refractivity contribution in [3.63, 3.8) is 0 Å². The molecule has 1 aromatic rings. The third-order valence-corrected chi connectivity index (χ3v) is 2.35. The Kier molecular flexibility index (Phi) is 2.86. The molecule has 1 saturated heterocycles. The Hall–Kier alpha value is -1.89. The largest absolute Gasteiger partial charge is 0.479 e. The second-order valence-electron chi connectivity index (χ2n) is 3.51. The Morgan fingerprint density at radius 1 is 1.50 bits per heavy atom. The number of carboxylic acid groups (broad SMARTS) is 1. The van der Waals surface area contributed by atoms with Crippen LogP contribution in [0.25, 0.3) is 0 Å². The lowest BCUT2D eigenvalue weighted by molar-refractivity contribution is -0.150. The molecule has 0 saturated carbocycles. The summed E-state index contributed by atoms with van der Waals surface area (Å²) in [5, 5.41) is 17.5. The van der Waals surface area contributed by atoms with Crippen LogP contribution in [-0.4, -0.2) is 39.4 Å². The molecule has 0 spiro atoms. The smallest absolute Gasteiger partial charge is 0.332 e. The molecule has 3 N–H and O–H groups in total. The van der Waals surface area contributed by atoms with E-state index in [4.69, 9.17) is 9.84 Å². The van der Waals surface area contributed by atoms with Gasteiger partial charge >= 0.3 is 5.97 Å². The first kappa shape index (κ1) is 10.6. The van der Waals surface area contributed by atoms with Gasteiger partial charge in [-0.2, -0.15) is 5.10 Å². The molecule has 1 aliphatic rings. The standard InChI is InChI=1S/C9H11N3O4/c13-8(12-5-3-10-11-4-5)6-1-2-7(16-6)9(14)15/h3-4,6-7H,1-2H2,(H,10,11)(H,12,13)(H,14,15). The highest BCUT2D eigenvalue weighted by Gasteiger charge is 2.34. The van der Waals surface area contributed by atoms with Gasteiger partial charge in [-0.25, -0.2) is 4.79 Å². The van der Waals surface area contributed by atoms with E-state index in [1.165, 1.54) is 12.4 Å². The summed E-state index contributed by atoms with van der Waals surface area (Å²) in [6.45, 7) is 0. The van der Waals surface area contributed by atoms with Crippen LogP contribution in [0.15, 0.2) is 12.4 Å². The maximum atomic E-state index is 11.6. The van der Waals surface area contributed by atoms with Crippen molar-refractivity contribution in [2.45, 2.75) is 25.0 Å². The Morgan fingerprint density at radius 3 is 2.81 bits per heavy atom. The van der Waals surface area contributed by atoms with Gasteiger partial charge in [0.15, 0.2) is 6.10 Å². The molecule has 7 nitrogen and oxygen atoms in total. The molecule has 7 heteroatoms. The van der Waals surface area contributed by atoms with Gasteiger partial charge in [-0.3, -0.25) is 9.89 Å². The third kappa shape index (κ3) is 2.19. The van der Waals surface area contributed by atoms with E-state index in [2.05, 4.69) is 15.5 Å². The van der Waals surface area contributed by atoms with Gasteiger partial charge in [0, 0.05) is 6.20 Å². The zero-order chi connectivity index (χ0) is 11.5. The molecule has 1 aromatic heterocycles. The van der Waals surface area contributed by atoms with Gasteiger partial charge in [-0.15, -0.1) is 0 Å². The first-order valence-corrected chi connectivity index (χ1v) is 4.84. The molecule has 1 aliphatic heterocycles. The lowest BCUT2D eigenvalue weighted by Crippen LogP contribution is -2.29. The highest BCUT2D eigenvalue weighted by molar-refractivity contribution is 5.94. The quantitative estimate of drug-likeness (QED) is 0.670. The van der Waals surface area contributed by atoms with E-state index in [1.807, 2.05) is 0 Å². The SMILES string of the molecule is O=C(O)C1CCC(C(=O)Nc2cn[nH]c2)O1. The van der Waals surface area contributed by atoms with E-state index in [0.29, 0.717) is 18.5 Å². The number of H-pyrrole nitrogens is 1. The minimum Gasteiger partial charge on any atom is -0.479 e. The molecule has 86 valence electrons. The molecule has 16 heavy (non-hydrogen) atoms. The monoisotopic (exact) mass is 225 g/mol. The fraction of sp³-hybridized carbons (Fsp3) is 0.444. The van der Waals surface area contributed by atoms with Crippen LogP contribution in [-0.2, 0) is 14.3 Å². The number of hydrogen-bond donors (Lipinski definition) is 3. The van der Waals surface area contributed by atoms with Crippen molar-refractivity contribution in [3.8, 4) is 0 Å². The maximum Gasteiger partial charge on any atom is 0.332 e. The van der Waals surface area contributed by atoms with Crippen molar-refractivity contribution in [1.82, 2.24) is 10.2 Å². The Labute approximate surface area is 90.8 Å². The number of aliphatic carboxylic acids is 1. The number of nitrogens with one attached hydrogen (secondary N) is 2. The fourth-order valence-electron chi connectivity index (χ4n) is 1.55. The zero-order valence-corrected chi connectivity index (χ0v) is 8.34. The summed E-state index contributed by atoms with van der Waals surface area (Å²) in [7, 11) is 0. The third-order valence-electron chi connectivity index (χ3n) is 2.35. The summed E-state index contributed by atoms with van der Waals surface area (Å²) >= 11 is 0. The number of carbonyl (C=O) groups is 2. The summed E-state index contributed by atoms with van der Waals surface area (Å²) in [6, 6.07) is 0. The molecule has 0 aromatic carbocycles. The number of rotatable bonds is 3. The van der Waals surface area contributed by atoms with Gasteiger partial charge < -0.3 is 15.2 Å². The van der Waals surface area contributed by atoms with Crippen LogP contribution in [0.5, 0.6) is 0 Å². The van der Waals surface area contributed by atoms with Crippen LogP contribution in [0.4, 0.5) is 5.69 Å². The Balaban J connectivity index is 1.90. The van der Waals surface area contributed by atoms with Crippen LogP contribution in [0.2, 0.25) is 0 Å². The number of anilines is 1. The second kappa shape index (κ2) is 4.31. The Bertz CT molecular complexity index is 389. The van der Waals surface area contributed by atoms with Crippen molar-refractivity contribution < 1.29 is 19.4 Å². The van der Waals surface area contributed by atoms with Gasteiger partial charge in [0.1, 0.15) is 6.10 Å². The molecule has 2 unspecified atom stereocenters. The number of nitrogens with zero attached hydrogens (tertiary/aromatic N) is 1. The summed E-state index contributed by atoms with van der Waals surface area (Å²) in [5.74, 6) is -1.37. The maximum absolute atomic E-state index is 11.6. The van der Waals surface area contributed by atoms with Crippen molar-refractivity contribution >= 4 is 17.6 Å². The van der Waals surface area contributed by atoms with Gasteiger partial charge in [0.05, 0.1) is 11.9 Å². The van der Waals surface area contributed by atoms with Gasteiger partial charge in [-0.1, -0.05) is 0 Å². The second-order valence-corrected chi connectivity index (χ2v) is 3.51. The van der Waals surface area contributed by atoms with Crippen LogP contribution in [0.1, 0.15) is 12.8 Å². The predicted octanol–water partition coefficient (Wildman–Crippen LogP) is -0.0196. The first-order chi connectivity index (χ1) is 7.66. The Morgan fingerprint density at radius 2 is 2.25 bits per heavy atom. The zero-order valence-electron chi connectivity index (χ0n) is 8.34. The van der Waals surface area contributed by atoms with E-state index in [-0.39, 0.29) is 5.91 Å². The molecule has 2 atom stereocenters. The van der Waals surface area contributed by atoms with Crippen molar-refractivity contribution in [2.24, 2.45) is 0 Å². The fourth-order valence-corrected chi connectivity index (χ4v) is 1.55. The van der Waals surface area contributed by atoms with E-state index in [1.54, 1.807) is 0 Å². The lowest BCUT2D eigenvalue weighted by atomic mass is 10.2. The summed E-state index contributed by atoms with van der Waals surface area (Å²) in [5.41, 5.74) is 0.535. The number of amides is 1. The van der Waals surface area contributed by atoms with E-state index >= 15 is 0 Å². The van der Waals surface area contributed by atoms with Crippen LogP contribution in [0.3, 0.4) is 0 Å². The molecule has 1 amide bonds. The predicted molar refractivity (Wildman–Crippen MR) is 52.7 cm³/mol. The van der Waals surface area contributed by atoms with Crippen LogP contribution < -0.4 is 5.32 Å². The molecule has 0 bridgehead atoms. The van der Waals surface area contributed by atoms with Gasteiger partial charge in [-0.05, 0) is 12.8 Å². The highest BCUT2D eigenvalue weighted by atomic mass is 16.5. The van der Waals surface area contributed by atoms with Gasteiger partial charge in [0.25, 0.3) is 5.91 Å². The summed E-state index contributed by atoms with van der Waals surface area (Å²) < 4.78 is 5.09. The van der Waals surface area contributed by atoms with E-state index in [0.717, 1.165) is 0 Å². The van der Waals surface area contributed by atoms with E-state index in [9.17, 15) is 9.59 Å². The number of carbonyl (C=O) groups excluding carboxylic acids is 1. The average Bonchev–Trinajstić information content (AvgIpc) is 2.86. The molecule has 0 radical (unpaired) electrons. The van der Waals surface area contributed by atoms with E-state index < -0.39 is 18.2 Å². The van der Waals surface area contributed by atoms with Crippen molar-refractivity contribution in [1.29, 1.82) is 0 Å². The van der Waals surface area contributed by atoms with Gasteiger partial charge in [0.2, 0.25) is 0 Å². The molecule has 2 rings (SSSR count). The average molecular weight is 225 g/mol. The summed E-state index contributed by atoms with van der Waals surface area (Å²) in [4.78, 5) is 22.2. The molecular formula is C9H11N3O4. The highest BCUT2D eigenvalue weighted by Crippen LogP contribution is 2.21. The molecule has 0 aliphatic carbocycles. The minimum atomic E-state index is -1.03.